The molecule has 0 saturated carbocycles. The average molecular weight is 275 g/mol. The lowest BCUT2D eigenvalue weighted by atomic mass is 10.1. The second-order valence-corrected chi connectivity index (χ2v) is 4.89. The maximum Gasteiger partial charge on any atom is 0.0703 e. The van der Waals surface area contributed by atoms with Gasteiger partial charge in [0.25, 0.3) is 0 Å². The van der Waals surface area contributed by atoms with Crippen LogP contribution in [0.15, 0.2) is 101 Å². The normalized spacial score (nSPS) is 22.7. The zero-order valence-electron chi connectivity index (χ0n) is 12.5. The minimum Gasteiger partial charge on any atom is -0.248 e. The Morgan fingerprint density at radius 2 is 2.00 bits per heavy atom. The van der Waals surface area contributed by atoms with Crippen LogP contribution in [-0.2, 0) is 0 Å². The van der Waals surface area contributed by atoms with Crippen molar-refractivity contribution in [1.82, 2.24) is 0 Å². The Kier molecular flexibility index (Phi) is 5.71. The van der Waals surface area contributed by atoms with Crippen molar-refractivity contribution >= 4 is 5.71 Å². The monoisotopic (exact) mass is 275 g/mol. The molecule has 0 bridgehead atoms. The predicted molar refractivity (Wildman–Crippen MR) is 93.3 cm³/mol. The van der Waals surface area contributed by atoms with Gasteiger partial charge in [-0.1, -0.05) is 61.3 Å². The number of rotatable bonds is 3. The smallest absolute Gasteiger partial charge is 0.0703 e. The van der Waals surface area contributed by atoms with Crippen LogP contribution in [0.2, 0.25) is 0 Å². The summed E-state index contributed by atoms with van der Waals surface area (Å²) >= 11 is 0. The van der Waals surface area contributed by atoms with Crippen molar-refractivity contribution in [1.29, 1.82) is 0 Å². The lowest BCUT2D eigenvalue weighted by Crippen LogP contribution is -1.99. The molecule has 0 radical (unpaired) electrons. The van der Waals surface area contributed by atoms with Crippen molar-refractivity contribution in [3.8, 4) is 0 Å². The first kappa shape index (κ1) is 15.0. The quantitative estimate of drug-likeness (QED) is 0.483. The van der Waals surface area contributed by atoms with E-state index in [9.17, 15) is 0 Å². The summed E-state index contributed by atoms with van der Waals surface area (Å²) in [5.74, 6) is 0. The van der Waals surface area contributed by atoms with Crippen LogP contribution in [0.3, 0.4) is 0 Å². The van der Waals surface area contributed by atoms with E-state index >= 15 is 0 Å². The van der Waals surface area contributed by atoms with Crippen LogP contribution >= 0.6 is 0 Å². The number of aliphatic imine (C=N–C) groups is 1. The highest BCUT2D eigenvalue weighted by Crippen LogP contribution is 2.16. The summed E-state index contributed by atoms with van der Waals surface area (Å²) in [4.78, 5) is 4.73. The third-order valence-electron chi connectivity index (χ3n) is 3.16. The van der Waals surface area contributed by atoms with E-state index in [4.69, 9.17) is 4.99 Å². The number of hydrogen-bond donors (Lipinski definition) is 0. The van der Waals surface area contributed by atoms with Crippen LogP contribution in [-0.4, -0.2) is 5.71 Å². The molecule has 0 aromatic heterocycles. The van der Waals surface area contributed by atoms with Gasteiger partial charge in [0, 0.05) is 0 Å². The van der Waals surface area contributed by atoms with E-state index in [2.05, 4.69) is 37.0 Å². The molecule has 0 amide bonds. The van der Waals surface area contributed by atoms with Crippen molar-refractivity contribution in [3.05, 3.63) is 96.3 Å². The molecule has 2 rings (SSSR count). The molecule has 0 saturated heterocycles. The van der Waals surface area contributed by atoms with Gasteiger partial charge in [0.2, 0.25) is 0 Å². The SMILES string of the molecule is C=C1C=CC=CC1=NC(/C=C1/C=CCC=CC1)=C/C=C\C. The lowest BCUT2D eigenvalue weighted by molar-refractivity contribution is 1.26. The molecule has 0 atom stereocenters. The molecule has 0 unspecified atom stereocenters. The van der Waals surface area contributed by atoms with E-state index < -0.39 is 0 Å². The summed E-state index contributed by atoms with van der Waals surface area (Å²) < 4.78 is 0. The molecule has 0 N–H and O–H groups in total. The van der Waals surface area contributed by atoms with Crippen LogP contribution < -0.4 is 0 Å². The van der Waals surface area contributed by atoms with E-state index in [1.807, 2.05) is 49.5 Å². The maximum atomic E-state index is 4.73. The topological polar surface area (TPSA) is 12.4 Å². The van der Waals surface area contributed by atoms with Crippen molar-refractivity contribution in [2.45, 2.75) is 19.8 Å². The van der Waals surface area contributed by atoms with Gasteiger partial charge in [0.05, 0.1) is 11.4 Å². The highest BCUT2D eigenvalue weighted by molar-refractivity contribution is 6.11. The van der Waals surface area contributed by atoms with Gasteiger partial charge in [0.1, 0.15) is 0 Å². The minimum atomic E-state index is 0.915. The zero-order chi connectivity index (χ0) is 14.9. The summed E-state index contributed by atoms with van der Waals surface area (Å²) in [6.07, 6.45) is 26.8. The Labute approximate surface area is 127 Å². The van der Waals surface area contributed by atoms with Gasteiger partial charge in [-0.2, -0.15) is 0 Å². The van der Waals surface area contributed by atoms with Gasteiger partial charge >= 0.3 is 0 Å². The Bertz CT molecular complexity index is 629. The first-order valence-corrected chi connectivity index (χ1v) is 7.27. The number of hydrogen-bond acceptors (Lipinski definition) is 1. The van der Waals surface area contributed by atoms with Crippen LogP contribution in [0.4, 0.5) is 0 Å². The van der Waals surface area contributed by atoms with Gasteiger partial charge in [-0.3, -0.25) is 0 Å². The Morgan fingerprint density at radius 1 is 1.14 bits per heavy atom. The molecule has 1 nitrogen and oxygen atoms in total. The molecule has 0 heterocycles. The minimum absolute atomic E-state index is 0.915. The third-order valence-corrected chi connectivity index (χ3v) is 3.16. The van der Waals surface area contributed by atoms with Crippen LogP contribution in [0, 0.1) is 0 Å². The Hall–Kier alpha value is -2.41. The highest BCUT2D eigenvalue weighted by atomic mass is 14.8. The summed E-state index contributed by atoms with van der Waals surface area (Å²) in [6, 6.07) is 0. The Morgan fingerprint density at radius 3 is 2.81 bits per heavy atom. The molecule has 0 aliphatic heterocycles. The number of nitrogens with zero attached hydrogens (tertiary/aromatic N) is 1. The molecule has 2 aliphatic rings. The molecule has 106 valence electrons. The summed E-state index contributed by atoms with van der Waals surface area (Å²) in [5.41, 5.74) is 4.07. The molecule has 21 heavy (non-hydrogen) atoms. The van der Waals surface area contributed by atoms with E-state index in [0.29, 0.717) is 0 Å². The molecular formula is C20H21N. The van der Waals surface area contributed by atoms with Crippen LogP contribution in [0.5, 0.6) is 0 Å². The predicted octanol–water partition coefficient (Wildman–Crippen LogP) is 5.40. The first-order chi connectivity index (χ1) is 10.3. The fraction of sp³-hybridized carbons (Fsp3) is 0.150. The fourth-order valence-electron chi connectivity index (χ4n) is 2.05. The molecule has 0 aromatic carbocycles. The highest BCUT2D eigenvalue weighted by Gasteiger charge is 2.02. The molecular weight excluding hydrogens is 254 g/mol. The molecule has 1 heteroatoms. The first-order valence-electron chi connectivity index (χ1n) is 7.27. The largest absolute Gasteiger partial charge is 0.248 e. The molecule has 0 spiro atoms. The van der Waals surface area contributed by atoms with E-state index in [1.165, 1.54) is 5.57 Å². The van der Waals surface area contributed by atoms with Gasteiger partial charge in [0.15, 0.2) is 0 Å². The van der Waals surface area contributed by atoms with Gasteiger partial charge in [-0.25, -0.2) is 4.99 Å². The second-order valence-electron chi connectivity index (χ2n) is 4.89. The van der Waals surface area contributed by atoms with Crippen molar-refractivity contribution in [2.75, 3.05) is 0 Å². The van der Waals surface area contributed by atoms with Gasteiger partial charge in [-0.05, 0) is 49.1 Å². The zero-order valence-corrected chi connectivity index (χ0v) is 12.5. The second kappa shape index (κ2) is 8.01. The van der Waals surface area contributed by atoms with Gasteiger partial charge in [-0.15, -0.1) is 0 Å². The summed E-state index contributed by atoms with van der Waals surface area (Å²) in [7, 11) is 0. The van der Waals surface area contributed by atoms with Crippen LogP contribution in [0.25, 0.3) is 0 Å². The summed E-state index contributed by atoms with van der Waals surface area (Å²) in [5, 5.41) is 0. The van der Waals surface area contributed by atoms with Crippen LogP contribution in [0.1, 0.15) is 19.8 Å². The molecule has 2 aliphatic carbocycles. The van der Waals surface area contributed by atoms with Crippen molar-refractivity contribution < 1.29 is 0 Å². The van der Waals surface area contributed by atoms with Gasteiger partial charge < -0.3 is 0 Å². The maximum absolute atomic E-state index is 4.73. The summed E-state index contributed by atoms with van der Waals surface area (Å²) in [6.45, 7) is 6.04. The number of allylic oxidation sites excluding steroid dienone is 14. The molecule has 0 aromatic rings. The standard InChI is InChI=1S/C20H21N/c1-3-4-14-19(16-18-12-7-5-6-8-13-18)21-20-15-10-9-11-17(20)2/h3-5,7-11,13-16H,2,6,12H2,1H3/b4-3-,18-16+,19-14+,21-20?. The van der Waals surface area contributed by atoms with E-state index in [1.54, 1.807) is 0 Å². The Balaban J connectivity index is 2.31. The lowest BCUT2D eigenvalue weighted by Gasteiger charge is -2.06. The third kappa shape index (κ3) is 4.88. The van der Waals surface area contributed by atoms with E-state index in [-0.39, 0.29) is 0 Å². The fourth-order valence-corrected chi connectivity index (χ4v) is 2.05. The van der Waals surface area contributed by atoms with Crippen molar-refractivity contribution in [2.24, 2.45) is 4.99 Å². The average Bonchev–Trinajstić information content (AvgIpc) is 2.75. The van der Waals surface area contributed by atoms with Crippen molar-refractivity contribution in [3.63, 3.8) is 0 Å². The van der Waals surface area contributed by atoms with E-state index in [0.717, 1.165) is 29.8 Å². The molecule has 0 fully saturated rings.